The second kappa shape index (κ2) is 5.01. The van der Waals surface area contributed by atoms with Crippen LogP contribution in [0.1, 0.15) is 51.1 Å². The Balaban J connectivity index is 2.34. The minimum Gasteiger partial charge on any atom is -0.424 e. The SMILES string of the molecule is Cc1nnc(C(C)SCCC(C)(C)C)o1. The van der Waals surface area contributed by atoms with E-state index in [1.807, 2.05) is 18.7 Å². The molecule has 0 aliphatic carbocycles. The maximum absolute atomic E-state index is 5.38. The predicted octanol–water partition coefficient (Wildman–Crippen LogP) is 3.61. The number of hydrogen-bond donors (Lipinski definition) is 0. The maximum Gasteiger partial charge on any atom is 0.229 e. The number of aromatic nitrogens is 2. The summed E-state index contributed by atoms with van der Waals surface area (Å²) in [4.78, 5) is 0. The molecule has 1 rings (SSSR count). The highest BCUT2D eigenvalue weighted by molar-refractivity contribution is 7.99. The molecule has 0 aliphatic rings. The normalized spacial score (nSPS) is 14.2. The molecule has 1 aromatic rings. The molecule has 1 heterocycles. The quantitative estimate of drug-likeness (QED) is 0.789. The van der Waals surface area contributed by atoms with Gasteiger partial charge in [0.05, 0.1) is 5.25 Å². The van der Waals surface area contributed by atoms with Gasteiger partial charge in [-0.15, -0.1) is 22.0 Å². The van der Waals surface area contributed by atoms with Gasteiger partial charge >= 0.3 is 0 Å². The lowest BCUT2D eigenvalue weighted by Crippen LogP contribution is -2.06. The van der Waals surface area contributed by atoms with E-state index < -0.39 is 0 Å². The first kappa shape index (κ1) is 12.6. The number of nitrogens with zero attached hydrogens (tertiary/aromatic N) is 2. The molecule has 1 aromatic heterocycles. The fourth-order valence-electron chi connectivity index (χ4n) is 1.09. The van der Waals surface area contributed by atoms with E-state index >= 15 is 0 Å². The summed E-state index contributed by atoms with van der Waals surface area (Å²) in [6.45, 7) is 10.7. The Labute approximate surface area is 96.0 Å². The lowest BCUT2D eigenvalue weighted by atomic mass is 9.94. The average Bonchev–Trinajstić information content (AvgIpc) is 2.49. The minimum absolute atomic E-state index is 0.300. The molecule has 3 nitrogen and oxygen atoms in total. The Morgan fingerprint density at radius 2 is 2.00 bits per heavy atom. The molecule has 15 heavy (non-hydrogen) atoms. The van der Waals surface area contributed by atoms with E-state index in [9.17, 15) is 0 Å². The van der Waals surface area contributed by atoms with Gasteiger partial charge < -0.3 is 4.42 Å². The fraction of sp³-hybridized carbons (Fsp3) is 0.818. The molecule has 0 spiro atoms. The van der Waals surface area contributed by atoms with Crippen LogP contribution in [0.4, 0.5) is 0 Å². The summed E-state index contributed by atoms with van der Waals surface area (Å²) < 4.78 is 5.38. The molecular formula is C11H20N2OS. The van der Waals surface area contributed by atoms with Gasteiger partial charge in [-0.25, -0.2) is 0 Å². The van der Waals surface area contributed by atoms with E-state index in [2.05, 4.69) is 37.9 Å². The first-order chi connectivity index (χ1) is 6.88. The van der Waals surface area contributed by atoms with Gasteiger partial charge in [0, 0.05) is 6.92 Å². The fourth-order valence-corrected chi connectivity index (χ4v) is 2.41. The third-order valence-corrected chi connectivity index (χ3v) is 3.25. The third-order valence-electron chi connectivity index (χ3n) is 2.11. The van der Waals surface area contributed by atoms with Crippen molar-refractivity contribution < 1.29 is 4.42 Å². The van der Waals surface area contributed by atoms with Crippen LogP contribution in [-0.4, -0.2) is 16.0 Å². The van der Waals surface area contributed by atoms with Crippen molar-refractivity contribution in [2.75, 3.05) is 5.75 Å². The minimum atomic E-state index is 0.300. The largest absolute Gasteiger partial charge is 0.424 e. The zero-order valence-electron chi connectivity index (χ0n) is 10.2. The van der Waals surface area contributed by atoms with E-state index in [-0.39, 0.29) is 0 Å². The van der Waals surface area contributed by atoms with Crippen molar-refractivity contribution in [1.29, 1.82) is 0 Å². The Bertz CT molecular complexity index is 304. The average molecular weight is 228 g/mol. The van der Waals surface area contributed by atoms with Crippen LogP contribution >= 0.6 is 11.8 Å². The second-order valence-electron chi connectivity index (χ2n) is 4.98. The van der Waals surface area contributed by atoms with Crippen LogP contribution in [0, 0.1) is 12.3 Å². The van der Waals surface area contributed by atoms with Crippen LogP contribution in [0.2, 0.25) is 0 Å². The van der Waals surface area contributed by atoms with Gasteiger partial charge in [0.25, 0.3) is 0 Å². The van der Waals surface area contributed by atoms with Crippen LogP contribution in [-0.2, 0) is 0 Å². The lowest BCUT2D eigenvalue weighted by Gasteiger charge is -2.18. The maximum atomic E-state index is 5.38. The number of rotatable bonds is 4. The highest BCUT2D eigenvalue weighted by atomic mass is 32.2. The Kier molecular flexibility index (Phi) is 4.20. The summed E-state index contributed by atoms with van der Waals surface area (Å²) in [5.41, 5.74) is 0.400. The van der Waals surface area contributed by atoms with Crippen LogP contribution in [0.15, 0.2) is 4.42 Å². The highest BCUT2D eigenvalue weighted by Gasteiger charge is 2.15. The van der Waals surface area contributed by atoms with Gasteiger partial charge in [-0.1, -0.05) is 20.8 Å². The van der Waals surface area contributed by atoms with E-state index in [0.717, 1.165) is 11.6 Å². The van der Waals surface area contributed by atoms with E-state index in [0.29, 0.717) is 16.6 Å². The Hall–Kier alpha value is -0.510. The van der Waals surface area contributed by atoms with Crippen molar-refractivity contribution in [2.45, 2.75) is 46.3 Å². The molecule has 0 bridgehead atoms. The molecule has 0 saturated heterocycles. The van der Waals surface area contributed by atoms with E-state index in [4.69, 9.17) is 4.42 Å². The predicted molar refractivity (Wildman–Crippen MR) is 64.0 cm³/mol. The van der Waals surface area contributed by atoms with Crippen LogP contribution in [0.25, 0.3) is 0 Å². The number of hydrogen-bond acceptors (Lipinski definition) is 4. The van der Waals surface area contributed by atoms with Crippen LogP contribution in [0.3, 0.4) is 0 Å². The van der Waals surface area contributed by atoms with Crippen molar-refractivity contribution >= 4 is 11.8 Å². The standard InChI is InChI=1S/C11H20N2OS/c1-8(10-13-12-9(2)14-10)15-7-6-11(3,4)5/h8H,6-7H2,1-5H3. The van der Waals surface area contributed by atoms with Gasteiger partial charge in [-0.2, -0.15) is 0 Å². The summed E-state index contributed by atoms with van der Waals surface area (Å²) in [5.74, 6) is 2.52. The summed E-state index contributed by atoms with van der Waals surface area (Å²) >= 11 is 1.87. The zero-order chi connectivity index (χ0) is 11.5. The summed E-state index contributed by atoms with van der Waals surface area (Å²) in [5, 5.41) is 8.16. The highest BCUT2D eigenvalue weighted by Crippen LogP contribution is 2.30. The smallest absolute Gasteiger partial charge is 0.229 e. The van der Waals surface area contributed by atoms with Crippen molar-refractivity contribution in [3.63, 3.8) is 0 Å². The molecule has 86 valence electrons. The van der Waals surface area contributed by atoms with E-state index in [1.54, 1.807) is 0 Å². The molecule has 0 N–H and O–H groups in total. The number of thioether (sulfide) groups is 1. The van der Waals surface area contributed by atoms with Gasteiger partial charge in [0.2, 0.25) is 11.8 Å². The van der Waals surface area contributed by atoms with Gasteiger partial charge in [0.1, 0.15) is 0 Å². The van der Waals surface area contributed by atoms with E-state index in [1.165, 1.54) is 6.42 Å². The molecule has 1 atom stereocenters. The molecule has 0 saturated carbocycles. The van der Waals surface area contributed by atoms with Gasteiger partial charge in [-0.3, -0.25) is 0 Å². The molecule has 0 radical (unpaired) electrons. The zero-order valence-corrected chi connectivity index (χ0v) is 11.0. The molecule has 0 amide bonds. The Morgan fingerprint density at radius 3 is 2.47 bits per heavy atom. The van der Waals surface area contributed by atoms with Gasteiger partial charge in [0.15, 0.2) is 0 Å². The topological polar surface area (TPSA) is 38.9 Å². The van der Waals surface area contributed by atoms with Crippen molar-refractivity contribution in [1.82, 2.24) is 10.2 Å². The first-order valence-electron chi connectivity index (χ1n) is 5.30. The second-order valence-corrected chi connectivity index (χ2v) is 6.43. The monoisotopic (exact) mass is 228 g/mol. The summed E-state index contributed by atoms with van der Waals surface area (Å²) in [6, 6.07) is 0. The molecule has 1 unspecified atom stereocenters. The van der Waals surface area contributed by atoms with Crippen molar-refractivity contribution in [3.05, 3.63) is 11.8 Å². The van der Waals surface area contributed by atoms with Gasteiger partial charge in [-0.05, 0) is 24.5 Å². The molecule has 4 heteroatoms. The number of aryl methyl sites for hydroxylation is 1. The lowest BCUT2D eigenvalue weighted by molar-refractivity contribution is 0.401. The van der Waals surface area contributed by atoms with Crippen molar-refractivity contribution in [3.8, 4) is 0 Å². The molecule has 0 aromatic carbocycles. The first-order valence-corrected chi connectivity index (χ1v) is 6.35. The molecule has 0 fully saturated rings. The Morgan fingerprint density at radius 1 is 1.33 bits per heavy atom. The van der Waals surface area contributed by atoms with Crippen LogP contribution in [0.5, 0.6) is 0 Å². The summed E-state index contributed by atoms with van der Waals surface area (Å²) in [6.07, 6.45) is 1.20. The summed E-state index contributed by atoms with van der Waals surface area (Å²) in [7, 11) is 0. The molecular weight excluding hydrogens is 208 g/mol. The molecule has 0 aliphatic heterocycles. The van der Waals surface area contributed by atoms with Crippen LogP contribution < -0.4 is 0 Å². The third kappa shape index (κ3) is 4.69. The van der Waals surface area contributed by atoms with Crippen molar-refractivity contribution in [2.24, 2.45) is 5.41 Å².